The summed E-state index contributed by atoms with van der Waals surface area (Å²) in [7, 11) is 0. The number of carbonyl (C=O) groups excluding carboxylic acids is 1. The minimum atomic E-state index is -1.07. The summed E-state index contributed by atoms with van der Waals surface area (Å²) in [4.78, 5) is 16.7. The van der Waals surface area contributed by atoms with Gasteiger partial charge >= 0.3 is 6.09 Å². The van der Waals surface area contributed by atoms with Crippen LogP contribution in [0.1, 0.15) is 13.8 Å². The van der Waals surface area contributed by atoms with Crippen molar-refractivity contribution in [1.29, 1.82) is 0 Å². The lowest BCUT2D eigenvalue weighted by Gasteiger charge is -2.36. The number of ether oxygens (including phenoxy) is 1. The summed E-state index contributed by atoms with van der Waals surface area (Å²) < 4.78 is 11.5. The maximum atomic E-state index is 12.0. The van der Waals surface area contributed by atoms with Crippen molar-refractivity contribution in [2.75, 3.05) is 0 Å². The highest BCUT2D eigenvalue weighted by atomic mass is 16.7. The number of fused-ring (bicyclic) bond motifs is 1. The van der Waals surface area contributed by atoms with Crippen LogP contribution in [0.15, 0.2) is 64.4 Å². The zero-order valence-electron chi connectivity index (χ0n) is 13.4. The van der Waals surface area contributed by atoms with Crippen LogP contribution in [0.4, 0.5) is 4.79 Å². The molecule has 1 heterocycles. The monoisotopic (exact) mass is 326 g/mol. The zero-order chi connectivity index (χ0) is 17.0. The standard InChI is InChI=1S/C18H18N2O4/c1-3-19-24-17(21)20-18(10-5-4-6-13(18)2)23-15-8-7-14-9-11-22-16(14)12-15/h3-13H,1-2H3,(H,20,21). The van der Waals surface area contributed by atoms with Crippen LogP contribution in [0.5, 0.6) is 5.75 Å². The molecule has 0 fully saturated rings. The fourth-order valence-electron chi connectivity index (χ4n) is 2.51. The Morgan fingerprint density at radius 3 is 3.04 bits per heavy atom. The summed E-state index contributed by atoms with van der Waals surface area (Å²) in [5.74, 6) is 0.455. The van der Waals surface area contributed by atoms with Crippen LogP contribution in [-0.2, 0) is 4.84 Å². The third-order valence-corrected chi connectivity index (χ3v) is 3.78. The van der Waals surface area contributed by atoms with E-state index in [0.29, 0.717) is 11.3 Å². The molecule has 1 aromatic heterocycles. The van der Waals surface area contributed by atoms with Gasteiger partial charge in [0.2, 0.25) is 5.72 Å². The fraction of sp³-hybridized carbons (Fsp3) is 0.222. The molecule has 1 amide bonds. The molecular weight excluding hydrogens is 308 g/mol. The van der Waals surface area contributed by atoms with Gasteiger partial charge in [-0.2, -0.15) is 0 Å². The number of nitrogens with zero attached hydrogens (tertiary/aromatic N) is 1. The Morgan fingerprint density at radius 2 is 2.25 bits per heavy atom. The van der Waals surface area contributed by atoms with Crippen LogP contribution in [0.3, 0.4) is 0 Å². The molecule has 0 spiro atoms. The van der Waals surface area contributed by atoms with Gasteiger partial charge in [-0.3, -0.25) is 10.2 Å². The Kier molecular flexibility index (Phi) is 4.37. The summed E-state index contributed by atoms with van der Waals surface area (Å²) in [6.45, 7) is 3.60. The van der Waals surface area contributed by atoms with E-state index in [4.69, 9.17) is 14.0 Å². The van der Waals surface area contributed by atoms with E-state index in [1.165, 1.54) is 6.21 Å². The van der Waals surface area contributed by atoms with Crippen LogP contribution in [0.2, 0.25) is 0 Å². The van der Waals surface area contributed by atoms with E-state index in [1.54, 1.807) is 25.3 Å². The first kappa shape index (κ1) is 15.9. The maximum absolute atomic E-state index is 12.0. The van der Waals surface area contributed by atoms with Crippen LogP contribution in [0.25, 0.3) is 11.0 Å². The molecule has 0 saturated heterocycles. The Bertz CT molecular complexity index is 821. The van der Waals surface area contributed by atoms with Gasteiger partial charge in [0.05, 0.1) is 6.26 Å². The molecule has 1 N–H and O–H groups in total. The van der Waals surface area contributed by atoms with Gasteiger partial charge in [0.25, 0.3) is 0 Å². The largest absolute Gasteiger partial charge is 0.464 e. The van der Waals surface area contributed by atoms with Crippen molar-refractivity contribution in [1.82, 2.24) is 5.32 Å². The van der Waals surface area contributed by atoms with Gasteiger partial charge in [-0.1, -0.05) is 30.3 Å². The van der Waals surface area contributed by atoms with Gasteiger partial charge in [0.15, 0.2) is 0 Å². The highest BCUT2D eigenvalue weighted by Crippen LogP contribution is 2.30. The van der Waals surface area contributed by atoms with Crippen molar-refractivity contribution in [3.63, 3.8) is 0 Å². The van der Waals surface area contributed by atoms with Crippen molar-refractivity contribution in [2.45, 2.75) is 19.6 Å². The molecule has 24 heavy (non-hydrogen) atoms. The highest BCUT2D eigenvalue weighted by molar-refractivity contribution is 5.78. The van der Waals surface area contributed by atoms with E-state index >= 15 is 0 Å². The van der Waals surface area contributed by atoms with Gasteiger partial charge < -0.3 is 9.15 Å². The molecule has 124 valence electrons. The quantitative estimate of drug-likeness (QED) is 0.399. The number of carbonyl (C=O) groups is 1. The molecule has 1 aliphatic carbocycles. The van der Waals surface area contributed by atoms with Crippen LogP contribution in [-0.4, -0.2) is 18.0 Å². The number of oxime groups is 1. The number of amides is 1. The fourth-order valence-corrected chi connectivity index (χ4v) is 2.51. The molecule has 0 saturated carbocycles. The lowest BCUT2D eigenvalue weighted by molar-refractivity contribution is 0.0383. The van der Waals surface area contributed by atoms with E-state index in [0.717, 1.165) is 5.39 Å². The van der Waals surface area contributed by atoms with E-state index in [-0.39, 0.29) is 5.92 Å². The van der Waals surface area contributed by atoms with Crippen molar-refractivity contribution in [3.05, 3.63) is 54.8 Å². The molecule has 2 aromatic rings. The third-order valence-electron chi connectivity index (χ3n) is 3.78. The summed E-state index contributed by atoms with van der Waals surface area (Å²) >= 11 is 0. The van der Waals surface area contributed by atoms with Crippen molar-refractivity contribution in [2.24, 2.45) is 11.1 Å². The van der Waals surface area contributed by atoms with Gasteiger partial charge in [0.1, 0.15) is 11.3 Å². The average molecular weight is 326 g/mol. The molecule has 3 rings (SSSR count). The Balaban J connectivity index is 1.88. The topological polar surface area (TPSA) is 73.1 Å². The third kappa shape index (κ3) is 3.17. The van der Waals surface area contributed by atoms with E-state index in [1.807, 2.05) is 43.4 Å². The summed E-state index contributed by atoms with van der Waals surface area (Å²) in [6, 6.07) is 7.39. The maximum Gasteiger partial charge on any atom is 0.436 e. The summed E-state index contributed by atoms with van der Waals surface area (Å²) in [5, 5.41) is 7.21. The molecule has 2 unspecified atom stereocenters. The predicted molar refractivity (Wildman–Crippen MR) is 90.8 cm³/mol. The van der Waals surface area contributed by atoms with Gasteiger partial charge in [-0.15, -0.1) is 0 Å². The second-order valence-electron chi connectivity index (χ2n) is 5.42. The number of benzene rings is 1. The zero-order valence-corrected chi connectivity index (χ0v) is 13.4. The molecular formula is C18H18N2O4. The highest BCUT2D eigenvalue weighted by Gasteiger charge is 2.38. The summed E-state index contributed by atoms with van der Waals surface area (Å²) in [6.07, 6.45) is 9.75. The SMILES string of the molecule is CC=NOC(=O)NC1(Oc2ccc3ccoc3c2)C=CC=CC1C. The molecule has 1 aliphatic rings. The molecule has 0 radical (unpaired) electrons. The number of rotatable bonds is 4. The molecule has 1 aromatic carbocycles. The predicted octanol–water partition coefficient (Wildman–Crippen LogP) is 4.00. The number of nitrogens with one attached hydrogen (secondary N) is 1. The lowest BCUT2D eigenvalue weighted by atomic mass is 9.92. The average Bonchev–Trinajstić information content (AvgIpc) is 3.03. The molecule has 0 bridgehead atoms. The number of furan rings is 1. The van der Waals surface area contributed by atoms with E-state index in [2.05, 4.69) is 10.5 Å². The molecule has 6 heteroatoms. The van der Waals surface area contributed by atoms with Gasteiger partial charge in [-0.25, -0.2) is 4.79 Å². The van der Waals surface area contributed by atoms with Gasteiger partial charge in [0, 0.05) is 23.6 Å². The Morgan fingerprint density at radius 1 is 1.38 bits per heavy atom. The Labute approximate surface area is 139 Å². The Hall–Kier alpha value is -3.02. The summed E-state index contributed by atoms with van der Waals surface area (Å²) in [5.41, 5.74) is -0.362. The number of hydrogen-bond donors (Lipinski definition) is 1. The first-order valence-corrected chi connectivity index (χ1v) is 7.62. The van der Waals surface area contributed by atoms with Crippen LogP contribution in [0, 0.1) is 5.92 Å². The lowest BCUT2D eigenvalue weighted by Crippen LogP contribution is -2.56. The van der Waals surface area contributed by atoms with E-state index < -0.39 is 11.8 Å². The second-order valence-corrected chi connectivity index (χ2v) is 5.42. The molecule has 0 aliphatic heterocycles. The van der Waals surface area contributed by atoms with Crippen LogP contribution < -0.4 is 10.1 Å². The molecule has 2 atom stereocenters. The molecule has 6 nitrogen and oxygen atoms in total. The number of hydrogen-bond acceptors (Lipinski definition) is 5. The first-order valence-electron chi connectivity index (χ1n) is 7.62. The minimum absolute atomic E-state index is 0.118. The van der Waals surface area contributed by atoms with Crippen molar-refractivity contribution < 1.29 is 18.8 Å². The van der Waals surface area contributed by atoms with Crippen molar-refractivity contribution in [3.8, 4) is 5.75 Å². The second kappa shape index (κ2) is 6.62. The number of allylic oxidation sites excluding steroid dienone is 2. The minimum Gasteiger partial charge on any atom is -0.464 e. The smallest absolute Gasteiger partial charge is 0.436 e. The normalized spacial score (nSPS) is 22.8. The van der Waals surface area contributed by atoms with Gasteiger partial charge in [-0.05, 0) is 31.2 Å². The van der Waals surface area contributed by atoms with Crippen molar-refractivity contribution >= 4 is 23.3 Å². The van der Waals surface area contributed by atoms with Crippen LogP contribution >= 0.6 is 0 Å². The first-order chi connectivity index (χ1) is 11.6. The van der Waals surface area contributed by atoms with E-state index in [9.17, 15) is 4.79 Å².